The minimum absolute atomic E-state index is 0.0298. The molecule has 2 aliphatic rings. The molecule has 2 fully saturated rings. The smallest absolute Gasteiger partial charge is 0.0613 e. The summed E-state index contributed by atoms with van der Waals surface area (Å²) in [6.07, 6.45) is 8.59. The van der Waals surface area contributed by atoms with Crippen LogP contribution in [0.15, 0.2) is 0 Å². The number of hydrogen-bond donors (Lipinski definition) is 2. The summed E-state index contributed by atoms with van der Waals surface area (Å²) < 4.78 is 0. The average molecular weight is 297 g/mol. The normalized spacial score (nSPS) is 26.4. The summed E-state index contributed by atoms with van der Waals surface area (Å²) in [6, 6.07) is 1.41. The highest BCUT2D eigenvalue weighted by Crippen LogP contribution is 2.27. The molecule has 0 bridgehead atoms. The van der Waals surface area contributed by atoms with E-state index in [1.807, 2.05) is 0 Å². The van der Waals surface area contributed by atoms with Crippen molar-refractivity contribution < 1.29 is 5.11 Å². The lowest BCUT2D eigenvalue weighted by Crippen LogP contribution is -2.49. The molecule has 2 atom stereocenters. The fraction of sp³-hybridized carbons (Fsp3) is 1.00. The molecule has 0 aromatic heterocycles. The van der Waals surface area contributed by atoms with Crippen molar-refractivity contribution in [3.8, 4) is 0 Å². The molecule has 0 radical (unpaired) electrons. The molecule has 1 aliphatic heterocycles. The molecule has 4 nitrogen and oxygen atoms in total. The summed E-state index contributed by atoms with van der Waals surface area (Å²) >= 11 is 0. The van der Waals surface area contributed by atoms with Gasteiger partial charge in [-0.3, -0.25) is 4.90 Å². The molecule has 4 heteroatoms. The molecule has 0 amide bonds. The highest BCUT2D eigenvalue weighted by molar-refractivity contribution is 4.94. The number of nitrogens with one attached hydrogen (secondary N) is 1. The number of likely N-dealkylation sites (N-methyl/N-ethyl adjacent to an activating group) is 1. The second-order valence-electron chi connectivity index (χ2n) is 7.41. The molecular weight excluding hydrogens is 262 g/mol. The van der Waals surface area contributed by atoms with Crippen LogP contribution in [0.5, 0.6) is 0 Å². The standard InChI is InChI=1S/C17H35N3O/c1-4-17(14-21,18-15-8-9-15)10-6-12-20-11-5-7-16(20)13-19(2)3/h15-16,18,21H,4-14H2,1-3H3. The molecule has 2 rings (SSSR count). The fourth-order valence-corrected chi connectivity index (χ4v) is 3.69. The molecule has 21 heavy (non-hydrogen) atoms. The van der Waals surface area contributed by atoms with E-state index in [4.69, 9.17) is 0 Å². The highest BCUT2D eigenvalue weighted by atomic mass is 16.3. The van der Waals surface area contributed by atoms with Crippen LogP contribution in [0.3, 0.4) is 0 Å². The van der Waals surface area contributed by atoms with Gasteiger partial charge in [-0.25, -0.2) is 0 Å². The van der Waals surface area contributed by atoms with Crippen LogP contribution in [-0.4, -0.2) is 72.9 Å². The van der Waals surface area contributed by atoms with Gasteiger partial charge in [0.05, 0.1) is 6.61 Å². The summed E-state index contributed by atoms with van der Waals surface area (Å²) in [4.78, 5) is 4.97. The summed E-state index contributed by atoms with van der Waals surface area (Å²) in [6.45, 7) is 6.11. The van der Waals surface area contributed by atoms with Crippen molar-refractivity contribution in [1.29, 1.82) is 0 Å². The van der Waals surface area contributed by atoms with Crippen LogP contribution >= 0.6 is 0 Å². The van der Waals surface area contributed by atoms with Crippen LogP contribution in [0.2, 0.25) is 0 Å². The van der Waals surface area contributed by atoms with Crippen molar-refractivity contribution in [3.63, 3.8) is 0 Å². The van der Waals surface area contributed by atoms with Gasteiger partial charge in [-0.05, 0) is 72.1 Å². The number of hydrogen-bond acceptors (Lipinski definition) is 4. The van der Waals surface area contributed by atoms with Gasteiger partial charge in [0.2, 0.25) is 0 Å². The Morgan fingerprint density at radius 2 is 2.05 bits per heavy atom. The largest absolute Gasteiger partial charge is 0.394 e. The number of aliphatic hydroxyl groups is 1. The van der Waals surface area contributed by atoms with E-state index in [9.17, 15) is 5.11 Å². The van der Waals surface area contributed by atoms with Crippen molar-refractivity contribution in [2.75, 3.05) is 40.3 Å². The average Bonchev–Trinajstić information content (AvgIpc) is 3.17. The second kappa shape index (κ2) is 7.91. The molecule has 2 unspecified atom stereocenters. The van der Waals surface area contributed by atoms with Gasteiger partial charge in [0, 0.05) is 24.2 Å². The lowest BCUT2D eigenvalue weighted by atomic mass is 9.91. The van der Waals surface area contributed by atoms with Gasteiger partial charge >= 0.3 is 0 Å². The van der Waals surface area contributed by atoms with Crippen LogP contribution < -0.4 is 5.32 Å². The van der Waals surface area contributed by atoms with Gasteiger partial charge in [-0.1, -0.05) is 6.92 Å². The maximum atomic E-state index is 9.83. The first-order chi connectivity index (χ1) is 10.1. The zero-order chi connectivity index (χ0) is 15.3. The Bertz CT molecular complexity index is 300. The Morgan fingerprint density at radius 3 is 2.62 bits per heavy atom. The van der Waals surface area contributed by atoms with Gasteiger partial charge in [0.25, 0.3) is 0 Å². The van der Waals surface area contributed by atoms with Crippen molar-refractivity contribution in [2.24, 2.45) is 0 Å². The fourth-order valence-electron chi connectivity index (χ4n) is 3.69. The predicted octanol–water partition coefficient (Wildman–Crippen LogP) is 1.69. The zero-order valence-electron chi connectivity index (χ0n) is 14.3. The third-order valence-corrected chi connectivity index (χ3v) is 5.24. The number of likely N-dealkylation sites (tertiary alicyclic amines) is 1. The second-order valence-corrected chi connectivity index (χ2v) is 7.41. The van der Waals surface area contributed by atoms with Gasteiger partial charge in [-0.2, -0.15) is 0 Å². The Kier molecular flexibility index (Phi) is 6.48. The van der Waals surface area contributed by atoms with Crippen LogP contribution in [0.25, 0.3) is 0 Å². The van der Waals surface area contributed by atoms with E-state index in [1.165, 1.54) is 51.7 Å². The predicted molar refractivity (Wildman–Crippen MR) is 88.6 cm³/mol. The Labute approximate surface area is 130 Å². The van der Waals surface area contributed by atoms with E-state index in [0.29, 0.717) is 6.04 Å². The summed E-state index contributed by atoms with van der Waals surface area (Å²) in [7, 11) is 4.34. The van der Waals surface area contributed by atoms with Crippen LogP contribution in [0.4, 0.5) is 0 Å². The Balaban J connectivity index is 1.75. The molecule has 124 valence electrons. The molecule has 1 aliphatic carbocycles. The number of nitrogens with zero attached hydrogens (tertiary/aromatic N) is 2. The highest BCUT2D eigenvalue weighted by Gasteiger charge is 2.34. The van der Waals surface area contributed by atoms with Crippen LogP contribution in [0, 0.1) is 0 Å². The molecule has 1 saturated carbocycles. The molecule has 1 heterocycles. The maximum absolute atomic E-state index is 9.83. The van der Waals surface area contributed by atoms with Crippen molar-refractivity contribution in [3.05, 3.63) is 0 Å². The molecular formula is C17H35N3O. The minimum Gasteiger partial charge on any atom is -0.394 e. The first-order valence-corrected chi connectivity index (χ1v) is 8.86. The van der Waals surface area contributed by atoms with E-state index in [2.05, 4.69) is 36.1 Å². The van der Waals surface area contributed by atoms with Gasteiger partial charge in [0.15, 0.2) is 0 Å². The third-order valence-electron chi connectivity index (χ3n) is 5.24. The lowest BCUT2D eigenvalue weighted by Gasteiger charge is -2.34. The van der Waals surface area contributed by atoms with Crippen LogP contribution in [0.1, 0.15) is 51.9 Å². The number of rotatable bonds is 10. The lowest BCUT2D eigenvalue weighted by molar-refractivity contribution is 0.132. The summed E-state index contributed by atoms with van der Waals surface area (Å²) in [5.74, 6) is 0. The Morgan fingerprint density at radius 1 is 1.29 bits per heavy atom. The maximum Gasteiger partial charge on any atom is 0.0613 e. The summed E-state index contributed by atoms with van der Waals surface area (Å²) in [5.41, 5.74) is -0.0298. The topological polar surface area (TPSA) is 38.7 Å². The first-order valence-electron chi connectivity index (χ1n) is 8.86. The Hall–Kier alpha value is -0.160. The third kappa shape index (κ3) is 5.20. The molecule has 0 spiro atoms. The first kappa shape index (κ1) is 17.2. The molecule has 2 N–H and O–H groups in total. The van der Waals surface area contributed by atoms with E-state index >= 15 is 0 Å². The van der Waals surface area contributed by atoms with E-state index in [1.54, 1.807) is 0 Å². The van der Waals surface area contributed by atoms with E-state index in [-0.39, 0.29) is 12.1 Å². The number of aliphatic hydroxyl groups excluding tert-OH is 1. The van der Waals surface area contributed by atoms with Gasteiger partial charge in [0.1, 0.15) is 0 Å². The van der Waals surface area contributed by atoms with Crippen molar-refractivity contribution in [2.45, 2.75) is 69.5 Å². The quantitative estimate of drug-likeness (QED) is 0.643. The summed E-state index contributed by atoms with van der Waals surface area (Å²) in [5, 5.41) is 13.5. The zero-order valence-corrected chi connectivity index (χ0v) is 14.3. The van der Waals surface area contributed by atoms with Gasteiger partial charge in [-0.15, -0.1) is 0 Å². The molecule has 1 saturated heterocycles. The molecule has 0 aromatic rings. The van der Waals surface area contributed by atoms with E-state index < -0.39 is 0 Å². The van der Waals surface area contributed by atoms with Gasteiger partial charge < -0.3 is 15.3 Å². The van der Waals surface area contributed by atoms with Crippen molar-refractivity contribution in [1.82, 2.24) is 15.1 Å². The SMILES string of the molecule is CCC(CO)(CCCN1CCCC1CN(C)C)NC1CC1. The monoisotopic (exact) mass is 297 g/mol. The van der Waals surface area contributed by atoms with Crippen molar-refractivity contribution >= 4 is 0 Å². The van der Waals surface area contributed by atoms with E-state index in [0.717, 1.165) is 18.9 Å². The van der Waals surface area contributed by atoms with Crippen LogP contribution in [-0.2, 0) is 0 Å². The molecule has 0 aromatic carbocycles. The minimum atomic E-state index is -0.0298.